The van der Waals surface area contributed by atoms with Gasteiger partial charge in [0, 0.05) is 11.6 Å². The molecule has 0 radical (unpaired) electrons. The normalized spacial score (nSPS) is 11.9. The number of aromatic nitrogens is 1. The van der Waals surface area contributed by atoms with Crippen LogP contribution in [0.15, 0.2) is 25.6 Å². The summed E-state index contributed by atoms with van der Waals surface area (Å²) in [5.41, 5.74) is 0. The van der Waals surface area contributed by atoms with Gasteiger partial charge in [-0.2, -0.15) is 0 Å². The van der Waals surface area contributed by atoms with Gasteiger partial charge in [-0.05, 0) is 22.0 Å². The maximum Gasteiger partial charge on any atom is 0.250 e. The zero-order valence-corrected chi connectivity index (χ0v) is 13.0. The summed E-state index contributed by atoms with van der Waals surface area (Å²) in [5, 5.41) is 2.90. The Labute approximate surface area is 120 Å². The predicted octanol–water partition coefficient (Wildman–Crippen LogP) is 3.10. The van der Waals surface area contributed by atoms with Crippen molar-refractivity contribution in [3.8, 4) is 0 Å². The summed E-state index contributed by atoms with van der Waals surface area (Å²) >= 11 is 11.5. The lowest BCUT2D eigenvalue weighted by Gasteiger charge is -2.01. The minimum Gasteiger partial charge on any atom is -0.248 e. The molecule has 0 aliphatic rings. The highest BCUT2D eigenvalue weighted by Gasteiger charge is 2.18. The lowest BCUT2D eigenvalue weighted by molar-refractivity contribution is 0.583. The van der Waals surface area contributed by atoms with Crippen LogP contribution in [0.4, 0.5) is 0 Å². The molecular formula is C8H6BrClN2O2S3. The van der Waals surface area contributed by atoms with Crippen LogP contribution in [0.2, 0.25) is 5.02 Å². The fourth-order valence-electron chi connectivity index (χ4n) is 1.03. The maximum absolute atomic E-state index is 11.9. The molecule has 4 nitrogen and oxygen atoms in total. The number of thiazole rings is 1. The highest BCUT2D eigenvalue weighted by atomic mass is 79.9. The molecule has 2 heterocycles. The van der Waals surface area contributed by atoms with Crippen LogP contribution >= 0.6 is 50.2 Å². The van der Waals surface area contributed by atoms with Crippen LogP contribution in [0.5, 0.6) is 0 Å². The number of nitrogens with zero attached hydrogens (tertiary/aromatic N) is 1. The van der Waals surface area contributed by atoms with E-state index in [1.807, 2.05) is 0 Å². The van der Waals surface area contributed by atoms with Gasteiger partial charge in [-0.15, -0.1) is 22.7 Å². The zero-order chi connectivity index (χ0) is 12.5. The van der Waals surface area contributed by atoms with E-state index < -0.39 is 10.0 Å². The monoisotopic (exact) mass is 372 g/mol. The first-order valence-corrected chi connectivity index (χ1v) is 8.67. The lowest BCUT2D eigenvalue weighted by Crippen LogP contribution is -2.22. The van der Waals surface area contributed by atoms with Gasteiger partial charge in [0.1, 0.15) is 9.22 Å². The Kier molecular flexibility index (Phi) is 4.22. The zero-order valence-electron chi connectivity index (χ0n) is 8.18. The van der Waals surface area contributed by atoms with E-state index in [4.69, 9.17) is 11.6 Å². The van der Waals surface area contributed by atoms with Gasteiger partial charge in [0.05, 0.1) is 15.4 Å². The quantitative estimate of drug-likeness (QED) is 0.896. The van der Waals surface area contributed by atoms with E-state index in [0.717, 1.165) is 16.3 Å². The van der Waals surface area contributed by atoms with E-state index in [0.29, 0.717) is 8.81 Å². The van der Waals surface area contributed by atoms with Crippen molar-refractivity contribution in [2.24, 2.45) is 0 Å². The molecule has 0 aromatic carbocycles. The van der Waals surface area contributed by atoms with Crippen LogP contribution in [-0.2, 0) is 16.6 Å². The first kappa shape index (κ1) is 13.4. The van der Waals surface area contributed by atoms with Crippen LogP contribution in [0.25, 0.3) is 0 Å². The van der Waals surface area contributed by atoms with E-state index in [-0.39, 0.29) is 10.8 Å². The van der Waals surface area contributed by atoms with E-state index in [2.05, 4.69) is 25.6 Å². The standard InChI is InChI=1S/C8H6BrClN2O2S3/c9-8-5(10)3-7(16-8)17(13,14)12-4-6-11-1-2-15-6/h1-3,12H,4H2. The van der Waals surface area contributed by atoms with Crippen molar-refractivity contribution in [1.82, 2.24) is 9.71 Å². The SMILES string of the molecule is O=S(=O)(NCc1nccs1)c1cc(Cl)c(Br)s1. The van der Waals surface area contributed by atoms with Gasteiger partial charge in [-0.3, -0.25) is 0 Å². The molecule has 0 unspecified atom stereocenters. The molecule has 17 heavy (non-hydrogen) atoms. The molecule has 0 aliphatic heterocycles. The molecule has 2 aromatic rings. The van der Waals surface area contributed by atoms with E-state index >= 15 is 0 Å². The summed E-state index contributed by atoms with van der Waals surface area (Å²) in [7, 11) is -3.52. The molecule has 0 atom stereocenters. The summed E-state index contributed by atoms with van der Waals surface area (Å²) in [6.07, 6.45) is 1.63. The predicted molar refractivity (Wildman–Crippen MR) is 73.2 cm³/mol. The van der Waals surface area contributed by atoms with Crippen molar-refractivity contribution in [3.63, 3.8) is 0 Å². The Hall–Kier alpha value is 0.01000. The Morgan fingerprint density at radius 1 is 1.53 bits per heavy atom. The van der Waals surface area contributed by atoms with Gasteiger partial charge < -0.3 is 0 Å². The second kappa shape index (κ2) is 5.33. The molecule has 0 fully saturated rings. The molecule has 2 rings (SSSR count). The third kappa shape index (κ3) is 3.27. The Morgan fingerprint density at radius 2 is 2.29 bits per heavy atom. The summed E-state index contributed by atoms with van der Waals surface area (Å²) in [5.74, 6) is 0. The summed E-state index contributed by atoms with van der Waals surface area (Å²) in [6, 6.07) is 1.42. The fraction of sp³-hybridized carbons (Fsp3) is 0.125. The average Bonchev–Trinajstić information content (AvgIpc) is 2.87. The fourth-order valence-corrected chi connectivity index (χ4v) is 5.11. The number of sulfonamides is 1. The maximum atomic E-state index is 11.9. The molecule has 0 amide bonds. The minimum atomic E-state index is -3.52. The Morgan fingerprint density at radius 3 is 2.82 bits per heavy atom. The molecule has 0 aliphatic carbocycles. The first-order chi connectivity index (χ1) is 7.99. The van der Waals surface area contributed by atoms with Crippen LogP contribution in [0, 0.1) is 0 Å². The number of nitrogens with one attached hydrogen (secondary N) is 1. The van der Waals surface area contributed by atoms with Gasteiger partial charge in [-0.1, -0.05) is 11.6 Å². The Balaban J connectivity index is 2.14. The molecular weight excluding hydrogens is 368 g/mol. The molecule has 0 saturated carbocycles. The van der Waals surface area contributed by atoms with Gasteiger partial charge in [0.2, 0.25) is 0 Å². The number of halogens is 2. The molecule has 0 bridgehead atoms. The molecule has 1 N–H and O–H groups in total. The molecule has 9 heteroatoms. The Bertz CT molecular complexity index is 589. The highest BCUT2D eigenvalue weighted by molar-refractivity contribution is 9.11. The number of hydrogen-bond acceptors (Lipinski definition) is 5. The number of hydrogen-bond donors (Lipinski definition) is 1. The first-order valence-electron chi connectivity index (χ1n) is 4.32. The second-order valence-corrected chi connectivity index (χ2v) is 8.69. The van der Waals surface area contributed by atoms with Crippen LogP contribution in [0.3, 0.4) is 0 Å². The van der Waals surface area contributed by atoms with Crippen molar-refractivity contribution in [2.45, 2.75) is 10.8 Å². The largest absolute Gasteiger partial charge is 0.250 e. The summed E-state index contributed by atoms with van der Waals surface area (Å²) in [6.45, 7) is 0.188. The van der Waals surface area contributed by atoms with Crippen molar-refractivity contribution in [2.75, 3.05) is 0 Å². The second-order valence-electron chi connectivity index (χ2n) is 2.94. The van der Waals surface area contributed by atoms with Crippen molar-refractivity contribution in [1.29, 1.82) is 0 Å². The van der Waals surface area contributed by atoms with Crippen molar-refractivity contribution in [3.05, 3.63) is 31.5 Å². The third-order valence-corrected chi connectivity index (χ3v) is 6.91. The minimum absolute atomic E-state index is 0.186. The van der Waals surface area contributed by atoms with Crippen LogP contribution in [-0.4, -0.2) is 13.4 Å². The van der Waals surface area contributed by atoms with Crippen LogP contribution in [0.1, 0.15) is 5.01 Å². The summed E-state index contributed by atoms with van der Waals surface area (Å²) in [4.78, 5) is 4.00. The van der Waals surface area contributed by atoms with Gasteiger partial charge in [-0.25, -0.2) is 18.1 Å². The van der Waals surface area contributed by atoms with E-state index in [9.17, 15) is 8.42 Å². The highest BCUT2D eigenvalue weighted by Crippen LogP contribution is 2.34. The molecule has 0 saturated heterocycles. The van der Waals surface area contributed by atoms with Gasteiger partial charge >= 0.3 is 0 Å². The van der Waals surface area contributed by atoms with E-state index in [1.54, 1.807) is 11.6 Å². The van der Waals surface area contributed by atoms with Crippen molar-refractivity contribution >= 4 is 60.2 Å². The number of thiophene rings is 1. The molecule has 92 valence electrons. The van der Waals surface area contributed by atoms with Gasteiger partial charge in [0.15, 0.2) is 0 Å². The van der Waals surface area contributed by atoms with Gasteiger partial charge in [0.25, 0.3) is 10.0 Å². The van der Waals surface area contributed by atoms with E-state index in [1.165, 1.54) is 17.4 Å². The van der Waals surface area contributed by atoms with Crippen molar-refractivity contribution < 1.29 is 8.42 Å². The topological polar surface area (TPSA) is 59.1 Å². The smallest absolute Gasteiger partial charge is 0.248 e. The lowest BCUT2D eigenvalue weighted by atomic mass is 10.7. The summed E-state index contributed by atoms with van der Waals surface area (Å²) < 4.78 is 27.0. The van der Waals surface area contributed by atoms with Crippen LogP contribution < -0.4 is 4.72 Å². The molecule has 2 aromatic heterocycles. The molecule has 0 spiro atoms. The third-order valence-electron chi connectivity index (χ3n) is 1.78. The average molecular weight is 374 g/mol. The number of rotatable bonds is 4.